The molecule has 0 atom stereocenters. The van der Waals surface area contributed by atoms with Gasteiger partial charge in [-0.1, -0.05) is 0 Å². The maximum Gasteiger partial charge on any atom is 0.175 e. The molecule has 0 unspecified atom stereocenters. The lowest BCUT2D eigenvalue weighted by Gasteiger charge is -2.12. The Morgan fingerprint density at radius 3 is 3.50 bits per heavy atom. The number of nitrogens with one attached hydrogen (secondary N) is 1. The normalized spacial score (nSPS) is 21.5. The Morgan fingerprint density at radius 1 is 1.70 bits per heavy atom. The smallest absolute Gasteiger partial charge is 0.175 e. The minimum atomic E-state index is 0.659. The summed E-state index contributed by atoms with van der Waals surface area (Å²) in [5.41, 5.74) is 1.02. The van der Waals surface area contributed by atoms with E-state index < -0.39 is 0 Å². The molecule has 0 aromatic rings. The standard InChI is InChI=1S/C6H8N4/c1-10-2-5-6(9-4-10)8-3-7-5/h2,4,7H,3H2,1H3. The van der Waals surface area contributed by atoms with E-state index in [0.29, 0.717) is 6.67 Å². The van der Waals surface area contributed by atoms with Crippen molar-refractivity contribution < 1.29 is 0 Å². The highest BCUT2D eigenvalue weighted by molar-refractivity contribution is 6.04. The fourth-order valence-corrected chi connectivity index (χ4v) is 0.960. The molecule has 0 aromatic carbocycles. The molecule has 4 heteroatoms. The summed E-state index contributed by atoms with van der Waals surface area (Å²) < 4.78 is 0. The molecule has 0 saturated carbocycles. The molecule has 2 aliphatic heterocycles. The van der Waals surface area contributed by atoms with Crippen molar-refractivity contribution in [3.63, 3.8) is 0 Å². The van der Waals surface area contributed by atoms with E-state index in [4.69, 9.17) is 0 Å². The van der Waals surface area contributed by atoms with E-state index in [-0.39, 0.29) is 0 Å². The van der Waals surface area contributed by atoms with E-state index >= 15 is 0 Å². The summed E-state index contributed by atoms with van der Waals surface area (Å²) in [7, 11) is 1.94. The van der Waals surface area contributed by atoms with Crippen LogP contribution < -0.4 is 5.32 Å². The number of amidine groups is 1. The van der Waals surface area contributed by atoms with Gasteiger partial charge in [-0.25, -0.2) is 9.98 Å². The van der Waals surface area contributed by atoms with Crippen LogP contribution in [-0.4, -0.2) is 30.8 Å². The molecule has 2 aliphatic rings. The van der Waals surface area contributed by atoms with Gasteiger partial charge in [-0.15, -0.1) is 0 Å². The lowest BCUT2D eigenvalue weighted by Crippen LogP contribution is -2.21. The predicted molar refractivity (Wildman–Crippen MR) is 39.8 cm³/mol. The maximum atomic E-state index is 4.10. The number of nitrogens with zero attached hydrogens (tertiary/aromatic N) is 3. The Bertz CT molecular complexity index is 238. The van der Waals surface area contributed by atoms with Gasteiger partial charge < -0.3 is 10.2 Å². The van der Waals surface area contributed by atoms with Crippen LogP contribution in [0.25, 0.3) is 0 Å². The second-order valence-corrected chi connectivity index (χ2v) is 2.27. The van der Waals surface area contributed by atoms with Crippen LogP contribution >= 0.6 is 0 Å². The van der Waals surface area contributed by atoms with Gasteiger partial charge in [-0.05, 0) is 0 Å². The molecule has 1 N–H and O–H groups in total. The van der Waals surface area contributed by atoms with Gasteiger partial charge in [0.2, 0.25) is 0 Å². The first kappa shape index (κ1) is 5.46. The van der Waals surface area contributed by atoms with Crippen LogP contribution in [0, 0.1) is 0 Å². The molecule has 0 bridgehead atoms. The molecule has 0 radical (unpaired) electrons. The quantitative estimate of drug-likeness (QED) is 0.499. The van der Waals surface area contributed by atoms with Crippen LogP contribution in [-0.2, 0) is 0 Å². The molecule has 4 nitrogen and oxygen atoms in total. The van der Waals surface area contributed by atoms with Crippen molar-refractivity contribution in [2.75, 3.05) is 13.7 Å². The predicted octanol–water partition coefficient (Wildman–Crippen LogP) is -0.239. The van der Waals surface area contributed by atoms with E-state index in [1.165, 1.54) is 0 Å². The van der Waals surface area contributed by atoms with Crippen molar-refractivity contribution in [1.29, 1.82) is 0 Å². The molecule has 0 aromatic heterocycles. The van der Waals surface area contributed by atoms with Gasteiger partial charge >= 0.3 is 0 Å². The van der Waals surface area contributed by atoms with Crippen molar-refractivity contribution in [2.45, 2.75) is 0 Å². The molecule has 2 heterocycles. The molecule has 0 saturated heterocycles. The average molecular weight is 136 g/mol. The van der Waals surface area contributed by atoms with Gasteiger partial charge in [-0.3, -0.25) is 0 Å². The summed E-state index contributed by atoms with van der Waals surface area (Å²) in [6, 6.07) is 0. The van der Waals surface area contributed by atoms with E-state index in [9.17, 15) is 0 Å². The van der Waals surface area contributed by atoms with Gasteiger partial charge in [-0.2, -0.15) is 0 Å². The highest BCUT2D eigenvalue weighted by atomic mass is 15.2. The van der Waals surface area contributed by atoms with Crippen molar-refractivity contribution in [3.8, 4) is 0 Å². The zero-order chi connectivity index (χ0) is 6.97. The summed E-state index contributed by atoms with van der Waals surface area (Å²) in [4.78, 5) is 10.1. The van der Waals surface area contributed by atoms with Crippen LogP contribution in [0.3, 0.4) is 0 Å². The van der Waals surface area contributed by atoms with Gasteiger partial charge in [0.05, 0.1) is 12.0 Å². The molecule has 0 aliphatic carbocycles. The maximum absolute atomic E-state index is 4.10. The lowest BCUT2D eigenvalue weighted by molar-refractivity contribution is 0.691. The first-order valence-corrected chi connectivity index (χ1v) is 3.13. The minimum absolute atomic E-state index is 0.659. The van der Waals surface area contributed by atoms with Gasteiger partial charge in [0.25, 0.3) is 0 Å². The minimum Gasteiger partial charge on any atom is -0.362 e. The molecule has 0 fully saturated rings. The average Bonchev–Trinajstić information content (AvgIpc) is 2.33. The van der Waals surface area contributed by atoms with Crippen molar-refractivity contribution in [1.82, 2.24) is 10.2 Å². The second-order valence-electron chi connectivity index (χ2n) is 2.27. The zero-order valence-corrected chi connectivity index (χ0v) is 5.70. The molecular weight excluding hydrogens is 128 g/mol. The Kier molecular flexibility index (Phi) is 1.00. The third-order valence-electron chi connectivity index (χ3n) is 1.43. The summed E-state index contributed by atoms with van der Waals surface area (Å²) in [6.45, 7) is 0.659. The highest BCUT2D eigenvalue weighted by Gasteiger charge is 2.14. The Balaban J connectivity index is 2.34. The Morgan fingerprint density at radius 2 is 2.60 bits per heavy atom. The summed E-state index contributed by atoms with van der Waals surface area (Å²) in [5, 5.41) is 3.09. The molecule has 0 amide bonds. The van der Waals surface area contributed by atoms with Gasteiger partial charge in [0, 0.05) is 13.2 Å². The fraction of sp³-hybridized carbons (Fsp3) is 0.333. The SMILES string of the molecule is CN1C=NC2=NCNC2=C1. The third kappa shape index (κ3) is 0.689. The molecule has 0 spiro atoms. The first-order valence-electron chi connectivity index (χ1n) is 3.13. The van der Waals surface area contributed by atoms with E-state index in [1.54, 1.807) is 6.34 Å². The van der Waals surface area contributed by atoms with Crippen molar-refractivity contribution >= 4 is 12.2 Å². The van der Waals surface area contributed by atoms with Gasteiger partial charge in [0.15, 0.2) is 5.84 Å². The van der Waals surface area contributed by atoms with Gasteiger partial charge in [0.1, 0.15) is 6.67 Å². The highest BCUT2D eigenvalue weighted by Crippen LogP contribution is 2.06. The van der Waals surface area contributed by atoms with E-state index in [1.807, 2.05) is 18.1 Å². The van der Waals surface area contributed by atoms with Crippen LogP contribution in [0.5, 0.6) is 0 Å². The number of aliphatic imine (C=N–C) groups is 2. The molecule has 52 valence electrons. The van der Waals surface area contributed by atoms with E-state index in [2.05, 4.69) is 15.3 Å². The molecule has 10 heavy (non-hydrogen) atoms. The van der Waals surface area contributed by atoms with Crippen LogP contribution in [0.1, 0.15) is 0 Å². The number of hydrogen-bond acceptors (Lipinski definition) is 4. The van der Waals surface area contributed by atoms with Crippen LogP contribution in [0.2, 0.25) is 0 Å². The molecule has 2 rings (SSSR count). The molecular formula is C6H8N4. The first-order chi connectivity index (χ1) is 4.86. The summed E-state index contributed by atoms with van der Waals surface area (Å²) in [6.07, 6.45) is 3.72. The number of rotatable bonds is 0. The Labute approximate surface area is 59.0 Å². The van der Waals surface area contributed by atoms with Crippen molar-refractivity contribution in [2.24, 2.45) is 9.98 Å². The number of fused-ring (bicyclic) bond motifs is 1. The largest absolute Gasteiger partial charge is 0.362 e. The fourth-order valence-electron chi connectivity index (χ4n) is 0.960. The van der Waals surface area contributed by atoms with Crippen LogP contribution in [0.4, 0.5) is 0 Å². The third-order valence-corrected chi connectivity index (χ3v) is 1.43. The zero-order valence-electron chi connectivity index (χ0n) is 5.70. The monoisotopic (exact) mass is 136 g/mol. The number of hydrogen-bond donors (Lipinski definition) is 1. The van der Waals surface area contributed by atoms with Crippen LogP contribution in [0.15, 0.2) is 21.9 Å². The summed E-state index contributed by atoms with van der Waals surface area (Å²) in [5.74, 6) is 0.818. The Hall–Kier alpha value is -1.32. The van der Waals surface area contributed by atoms with E-state index in [0.717, 1.165) is 11.5 Å². The van der Waals surface area contributed by atoms with Crippen molar-refractivity contribution in [3.05, 3.63) is 11.9 Å². The topological polar surface area (TPSA) is 40.0 Å². The summed E-state index contributed by atoms with van der Waals surface area (Å²) >= 11 is 0. The lowest BCUT2D eigenvalue weighted by atomic mass is 10.4. The second kappa shape index (κ2) is 1.83.